The quantitative estimate of drug-likeness (QED) is 0.641. The molecular weight excluding hydrogens is 306 g/mol. The fourth-order valence-electron chi connectivity index (χ4n) is 2.83. The van der Waals surface area contributed by atoms with Crippen LogP contribution in [0.1, 0.15) is 31.7 Å². The highest BCUT2D eigenvalue weighted by molar-refractivity contribution is 5.92. The van der Waals surface area contributed by atoms with Crippen molar-refractivity contribution < 1.29 is 19.0 Å². The van der Waals surface area contributed by atoms with E-state index in [2.05, 4.69) is 18.3 Å². The molecule has 1 amide bonds. The van der Waals surface area contributed by atoms with Crippen LogP contribution in [0.25, 0.3) is 6.08 Å². The number of methoxy groups -OCH3 is 3. The van der Waals surface area contributed by atoms with Gasteiger partial charge in [0.05, 0.1) is 21.3 Å². The van der Waals surface area contributed by atoms with E-state index in [9.17, 15) is 4.79 Å². The molecule has 5 heteroatoms. The Morgan fingerprint density at radius 1 is 1.17 bits per heavy atom. The molecule has 0 aromatic heterocycles. The van der Waals surface area contributed by atoms with E-state index in [1.807, 2.05) is 0 Å². The summed E-state index contributed by atoms with van der Waals surface area (Å²) >= 11 is 0. The van der Waals surface area contributed by atoms with Crippen LogP contribution in [0.2, 0.25) is 0 Å². The zero-order valence-electron chi connectivity index (χ0n) is 14.7. The predicted octanol–water partition coefficient (Wildman–Crippen LogP) is 3.34. The number of carbonyl (C=O) groups is 1. The molecule has 130 valence electrons. The summed E-state index contributed by atoms with van der Waals surface area (Å²) in [5.41, 5.74) is 2.13. The Hall–Kier alpha value is -2.43. The lowest BCUT2D eigenvalue weighted by molar-refractivity contribution is -0.116. The molecule has 0 aliphatic heterocycles. The Labute approximate surface area is 143 Å². The van der Waals surface area contributed by atoms with Crippen molar-refractivity contribution in [3.63, 3.8) is 0 Å². The third kappa shape index (κ3) is 4.54. The third-order valence-corrected chi connectivity index (χ3v) is 4.01. The van der Waals surface area contributed by atoms with Gasteiger partial charge in [0, 0.05) is 12.1 Å². The molecular formula is C19H25NO4. The minimum Gasteiger partial charge on any atom is -0.493 e. The molecule has 24 heavy (non-hydrogen) atoms. The molecule has 1 unspecified atom stereocenters. The van der Waals surface area contributed by atoms with Gasteiger partial charge in [-0.15, -0.1) is 0 Å². The molecule has 1 atom stereocenters. The normalized spacial score (nSPS) is 17.3. The second-order valence-corrected chi connectivity index (χ2v) is 5.81. The van der Waals surface area contributed by atoms with Gasteiger partial charge in [0.15, 0.2) is 11.5 Å². The summed E-state index contributed by atoms with van der Waals surface area (Å²) in [5.74, 6) is 1.54. The van der Waals surface area contributed by atoms with Gasteiger partial charge < -0.3 is 19.5 Å². The van der Waals surface area contributed by atoms with Gasteiger partial charge in [-0.1, -0.05) is 11.6 Å². The molecule has 1 N–H and O–H groups in total. The number of benzene rings is 1. The second-order valence-electron chi connectivity index (χ2n) is 5.81. The van der Waals surface area contributed by atoms with E-state index in [1.165, 1.54) is 11.6 Å². The van der Waals surface area contributed by atoms with Crippen molar-refractivity contribution in [1.82, 2.24) is 5.32 Å². The Balaban J connectivity index is 2.10. The first-order valence-electron chi connectivity index (χ1n) is 8.03. The largest absolute Gasteiger partial charge is 0.493 e. The summed E-state index contributed by atoms with van der Waals surface area (Å²) in [6.07, 6.45) is 8.62. The van der Waals surface area contributed by atoms with Crippen molar-refractivity contribution in [2.45, 2.75) is 32.2 Å². The van der Waals surface area contributed by atoms with Crippen molar-refractivity contribution in [2.24, 2.45) is 0 Å². The zero-order valence-corrected chi connectivity index (χ0v) is 14.7. The zero-order chi connectivity index (χ0) is 17.5. The van der Waals surface area contributed by atoms with Crippen LogP contribution in [0, 0.1) is 0 Å². The van der Waals surface area contributed by atoms with Gasteiger partial charge in [-0.25, -0.2) is 0 Å². The number of rotatable bonds is 6. The van der Waals surface area contributed by atoms with Gasteiger partial charge in [-0.3, -0.25) is 4.79 Å². The van der Waals surface area contributed by atoms with Gasteiger partial charge in [0.25, 0.3) is 0 Å². The highest BCUT2D eigenvalue weighted by Crippen LogP contribution is 2.38. The summed E-state index contributed by atoms with van der Waals surface area (Å²) in [5, 5.41) is 3.01. The van der Waals surface area contributed by atoms with Gasteiger partial charge >= 0.3 is 0 Å². The molecule has 1 aromatic carbocycles. The van der Waals surface area contributed by atoms with E-state index in [4.69, 9.17) is 14.2 Å². The number of hydrogen-bond acceptors (Lipinski definition) is 4. The van der Waals surface area contributed by atoms with E-state index >= 15 is 0 Å². The SMILES string of the molecule is COc1cc(/C=C/C(=O)NC2C=C(C)CCC2)cc(OC)c1OC. The maximum absolute atomic E-state index is 12.1. The summed E-state index contributed by atoms with van der Waals surface area (Å²) in [6.45, 7) is 2.10. The fourth-order valence-corrected chi connectivity index (χ4v) is 2.83. The van der Waals surface area contributed by atoms with Crippen LogP contribution in [-0.2, 0) is 4.79 Å². The lowest BCUT2D eigenvalue weighted by Crippen LogP contribution is -2.33. The first-order chi connectivity index (χ1) is 11.6. The van der Waals surface area contributed by atoms with Gasteiger partial charge in [0.2, 0.25) is 11.7 Å². The lowest BCUT2D eigenvalue weighted by Gasteiger charge is -2.19. The molecule has 1 aliphatic rings. The Bertz CT molecular complexity index is 624. The van der Waals surface area contributed by atoms with Crippen LogP contribution in [0.4, 0.5) is 0 Å². The number of nitrogens with one attached hydrogen (secondary N) is 1. The van der Waals surface area contributed by atoms with Crippen LogP contribution in [0.5, 0.6) is 17.2 Å². The summed E-state index contributed by atoms with van der Waals surface area (Å²) in [6, 6.07) is 3.72. The molecule has 0 saturated heterocycles. The number of allylic oxidation sites excluding steroid dienone is 1. The van der Waals surface area contributed by atoms with Gasteiger partial charge in [0.1, 0.15) is 0 Å². The van der Waals surface area contributed by atoms with Crippen LogP contribution >= 0.6 is 0 Å². The Morgan fingerprint density at radius 3 is 2.38 bits per heavy atom. The summed E-state index contributed by atoms with van der Waals surface area (Å²) in [4.78, 5) is 12.1. The standard InChI is InChI=1S/C19H25NO4/c1-13-6-5-7-15(10-13)20-18(21)9-8-14-11-16(22-2)19(24-4)17(12-14)23-3/h8-12,15H,5-7H2,1-4H3,(H,20,21)/b9-8+. The Morgan fingerprint density at radius 2 is 1.83 bits per heavy atom. The van der Waals surface area contributed by atoms with Crippen molar-refractivity contribution in [3.05, 3.63) is 35.4 Å². The fraction of sp³-hybridized carbons (Fsp3) is 0.421. The topological polar surface area (TPSA) is 56.8 Å². The molecule has 0 radical (unpaired) electrons. The minimum atomic E-state index is -0.111. The third-order valence-electron chi connectivity index (χ3n) is 4.01. The highest BCUT2D eigenvalue weighted by atomic mass is 16.5. The monoisotopic (exact) mass is 331 g/mol. The predicted molar refractivity (Wildman–Crippen MR) is 94.7 cm³/mol. The van der Waals surface area contributed by atoms with E-state index < -0.39 is 0 Å². The number of ether oxygens (including phenoxy) is 3. The molecule has 0 spiro atoms. The number of amides is 1. The molecule has 0 saturated carbocycles. The number of hydrogen-bond donors (Lipinski definition) is 1. The highest BCUT2D eigenvalue weighted by Gasteiger charge is 2.14. The smallest absolute Gasteiger partial charge is 0.244 e. The van der Waals surface area contributed by atoms with Crippen molar-refractivity contribution in [3.8, 4) is 17.2 Å². The molecule has 0 fully saturated rings. The van der Waals surface area contributed by atoms with Crippen molar-refractivity contribution >= 4 is 12.0 Å². The van der Waals surface area contributed by atoms with E-state index in [-0.39, 0.29) is 11.9 Å². The number of carbonyl (C=O) groups excluding carboxylic acids is 1. The van der Waals surface area contributed by atoms with Crippen molar-refractivity contribution in [2.75, 3.05) is 21.3 Å². The Kier molecular flexibility index (Phi) is 6.29. The summed E-state index contributed by atoms with van der Waals surface area (Å²) in [7, 11) is 4.69. The van der Waals surface area contributed by atoms with Crippen LogP contribution in [0.15, 0.2) is 29.9 Å². The molecule has 2 rings (SSSR count). The average Bonchev–Trinajstić information content (AvgIpc) is 2.58. The van der Waals surface area contributed by atoms with Crippen LogP contribution in [0.3, 0.4) is 0 Å². The minimum absolute atomic E-state index is 0.111. The van der Waals surface area contributed by atoms with Gasteiger partial charge in [-0.05, 0) is 50.0 Å². The molecule has 5 nitrogen and oxygen atoms in total. The molecule has 1 aromatic rings. The van der Waals surface area contributed by atoms with Crippen LogP contribution in [-0.4, -0.2) is 33.3 Å². The van der Waals surface area contributed by atoms with E-state index in [0.717, 1.165) is 24.8 Å². The maximum atomic E-state index is 12.1. The van der Waals surface area contributed by atoms with E-state index in [1.54, 1.807) is 39.5 Å². The first kappa shape index (κ1) is 17.9. The summed E-state index contributed by atoms with van der Waals surface area (Å²) < 4.78 is 15.9. The van der Waals surface area contributed by atoms with E-state index in [0.29, 0.717) is 17.2 Å². The molecule has 0 heterocycles. The average molecular weight is 331 g/mol. The second kappa shape index (κ2) is 8.43. The first-order valence-corrected chi connectivity index (χ1v) is 8.03. The van der Waals surface area contributed by atoms with Crippen molar-refractivity contribution in [1.29, 1.82) is 0 Å². The maximum Gasteiger partial charge on any atom is 0.244 e. The van der Waals surface area contributed by atoms with Gasteiger partial charge in [-0.2, -0.15) is 0 Å². The molecule has 1 aliphatic carbocycles. The molecule has 0 bridgehead atoms. The lowest BCUT2D eigenvalue weighted by atomic mass is 9.97. The van der Waals surface area contributed by atoms with Crippen LogP contribution < -0.4 is 19.5 Å².